The number of hydrogen-bond acceptors (Lipinski definition) is 6. The molecule has 0 aliphatic heterocycles. The Hall–Kier alpha value is -1.92. The standard InChI is InChI=1S/C15H21N3O3/c1-15(2,16)14-17-13(21-18-14)10-20-12-6-4-11(5-7-12)8-9-19-3/h4-7H,8-10,16H2,1-3H3. The van der Waals surface area contributed by atoms with E-state index >= 15 is 0 Å². The lowest BCUT2D eigenvalue weighted by atomic mass is 10.1. The molecule has 1 aromatic carbocycles. The molecule has 0 saturated carbocycles. The lowest BCUT2D eigenvalue weighted by Gasteiger charge is -2.11. The van der Waals surface area contributed by atoms with Gasteiger partial charge in [-0.2, -0.15) is 4.98 Å². The van der Waals surface area contributed by atoms with Crippen molar-refractivity contribution in [2.45, 2.75) is 32.4 Å². The van der Waals surface area contributed by atoms with Crippen molar-refractivity contribution in [2.75, 3.05) is 13.7 Å². The van der Waals surface area contributed by atoms with E-state index in [1.165, 1.54) is 5.56 Å². The summed E-state index contributed by atoms with van der Waals surface area (Å²) < 4.78 is 15.8. The van der Waals surface area contributed by atoms with Crippen molar-refractivity contribution in [3.8, 4) is 5.75 Å². The molecule has 114 valence electrons. The maximum atomic E-state index is 5.90. The first-order valence-corrected chi connectivity index (χ1v) is 6.81. The van der Waals surface area contributed by atoms with Crippen LogP contribution in [0.5, 0.6) is 5.75 Å². The van der Waals surface area contributed by atoms with E-state index in [0.29, 0.717) is 18.3 Å². The van der Waals surface area contributed by atoms with E-state index in [9.17, 15) is 0 Å². The summed E-state index contributed by atoms with van der Waals surface area (Å²) in [5.41, 5.74) is 6.48. The summed E-state index contributed by atoms with van der Waals surface area (Å²) in [5.74, 6) is 1.63. The molecule has 0 atom stereocenters. The first kappa shape index (κ1) is 15.5. The summed E-state index contributed by atoms with van der Waals surface area (Å²) in [6.07, 6.45) is 0.884. The molecule has 2 N–H and O–H groups in total. The van der Waals surface area contributed by atoms with Gasteiger partial charge in [0.2, 0.25) is 0 Å². The van der Waals surface area contributed by atoms with E-state index in [2.05, 4.69) is 10.1 Å². The Bertz CT molecular complexity index is 558. The fourth-order valence-electron chi connectivity index (χ4n) is 1.69. The van der Waals surface area contributed by atoms with E-state index in [0.717, 1.165) is 12.2 Å². The van der Waals surface area contributed by atoms with Crippen molar-refractivity contribution in [3.05, 3.63) is 41.5 Å². The van der Waals surface area contributed by atoms with Crippen LogP contribution in [0.1, 0.15) is 31.1 Å². The molecule has 0 aliphatic rings. The van der Waals surface area contributed by atoms with Gasteiger partial charge in [0.05, 0.1) is 12.1 Å². The van der Waals surface area contributed by atoms with Gasteiger partial charge in [-0.15, -0.1) is 0 Å². The number of hydrogen-bond donors (Lipinski definition) is 1. The normalized spacial score (nSPS) is 11.6. The highest BCUT2D eigenvalue weighted by molar-refractivity contribution is 5.27. The van der Waals surface area contributed by atoms with Gasteiger partial charge in [-0.3, -0.25) is 0 Å². The minimum Gasteiger partial charge on any atom is -0.484 e. The van der Waals surface area contributed by atoms with Gasteiger partial charge in [-0.1, -0.05) is 17.3 Å². The third-order valence-electron chi connectivity index (χ3n) is 2.92. The molecule has 0 unspecified atom stereocenters. The van der Waals surface area contributed by atoms with E-state index in [1.54, 1.807) is 7.11 Å². The molecule has 6 heteroatoms. The van der Waals surface area contributed by atoms with Crippen molar-refractivity contribution < 1.29 is 14.0 Å². The van der Waals surface area contributed by atoms with Gasteiger partial charge in [-0.25, -0.2) is 0 Å². The third-order valence-corrected chi connectivity index (χ3v) is 2.92. The van der Waals surface area contributed by atoms with E-state index < -0.39 is 5.54 Å². The molecule has 0 radical (unpaired) electrons. The average molecular weight is 291 g/mol. The molecule has 1 aromatic heterocycles. The van der Waals surface area contributed by atoms with Crippen LogP contribution in [-0.2, 0) is 23.3 Å². The molecule has 0 fully saturated rings. The molecule has 21 heavy (non-hydrogen) atoms. The third kappa shape index (κ3) is 4.54. The van der Waals surface area contributed by atoms with Crippen LogP contribution in [0.4, 0.5) is 0 Å². The molecule has 2 rings (SSSR count). The predicted octanol–water partition coefficient (Wildman–Crippen LogP) is 2.03. The van der Waals surface area contributed by atoms with Crippen LogP contribution in [0.2, 0.25) is 0 Å². The first-order valence-electron chi connectivity index (χ1n) is 6.81. The average Bonchev–Trinajstić information content (AvgIpc) is 2.93. The first-order chi connectivity index (χ1) is 9.99. The van der Waals surface area contributed by atoms with Crippen LogP contribution in [0.15, 0.2) is 28.8 Å². The summed E-state index contributed by atoms with van der Waals surface area (Å²) in [7, 11) is 1.69. The summed E-state index contributed by atoms with van der Waals surface area (Å²) in [6, 6.07) is 7.84. The quantitative estimate of drug-likeness (QED) is 0.840. The maximum Gasteiger partial charge on any atom is 0.264 e. The van der Waals surface area contributed by atoms with Crippen molar-refractivity contribution in [1.82, 2.24) is 10.1 Å². The Morgan fingerprint density at radius 2 is 1.95 bits per heavy atom. The molecule has 1 heterocycles. The highest BCUT2D eigenvalue weighted by atomic mass is 16.5. The Kier molecular flexibility index (Phi) is 4.93. The Morgan fingerprint density at radius 1 is 1.24 bits per heavy atom. The fraction of sp³-hybridized carbons (Fsp3) is 0.467. The van der Waals surface area contributed by atoms with Crippen LogP contribution in [-0.4, -0.2) is 23.9 Å². The topological polar surface area (TPSA) is 83.4 Å². The molecule has 0 saturated heterocycles. The number of aromatic nitrogens is 2. The number of nitrogens with two attached hydrogens (primary N) is 1. The molecule has 0 amide bonds. The van der Waals surface area contributed by atoms with Crippen LogP contribution in [0, 0.1) is 0 Å². The van der Waals surface area contributed by atoms with Crippen molar-refractivity contribution in [1.29, 1.82) is 0 Å². The monoisotopic (exact) mass is 291 g/mol. The Balaban J connectivity index is 1.89. The van der Waals surface area contributed by atoms with Crippen molar-refractivity contribution >= 4 is 0 Å². The molecule has 0 aliphatic carbocycles. The largest absolute Gasteiger partial charge is 0.484 e. The van der Waals surface area contributed by atoms with Gasteiger partial charge in [0.15, 0.2) is 12.4 Å². The number of nitrogens with zero attached hydrogens (tertiary/aromatic N) is 2. The molecular formula is C15H21N3O3. The number of benzene rings is 1. The predicted molar refractivity (Wildman–Crippen MR) is 77.9 cm³/mol. The Labute approximate surface area is 124 Å². The summed E-state index contributed by atoms with van der Waals surface area (Å²) in [6.45, 7) is 4.57. The van der Waals surface area contributed by atoms with Crippen LogP contribution in [0.3, 0.4) is 0 Å². The highest BCUT2D eigenvalue weighted by Gasteiger charge is 2.21. The number of ether oxygens (including phenoxy) is 2. The minimum atomic E-state index is -0.620. The zero-order valence-electron chi connectivity index (χ0n) is 12.6. The summed E-state index contributed by atoms with van der Waals surface area (Å²) in [5, 5.41) is 3.84. The van der Waals surface area contributed by atoms with E-state index in [1.807, 2.05) is 38.1 Å². The van der Waals surface area contributed by atoms with E-state index in [-0.39, 0.29) is 6.61 Å². The molecule has 0 spiro atoms. The lowest BCUT2D eigenvalue weighted by Crippen LogP contribution is -2.30. The second-order valence-corrected chi connectivity index (χ2v) is 5.41. The molecule has 6 nitrogen and oxygen atoms in total. The van der Waals surface area contributed by atoms with Gasteiger partial charge >= 0.3 is 0 Å². The lowest BCUT2D eigenvalue weighted by molar-refractivity contribution is 0.202. The summed E-state index contributed by atoms with van der Waals surface area (Å²) >= 11 is 0. The van der Waals surface area contributed by atoms with Gasteiger partial charge < -0.3 is 19.7 Å². The SMILES string of the molecule is COCCc1ccc(OCc2nc(C(C)(C)N)no2)cc1. The zero-order chi connectivity index (χ0) is 15.3. The van der Waals surface area contributed by atoms with Crippen LogP contribution in [0.25, 0.3) is 0 Å². The molecule has 0 bridgehead atoms. The number of methoxy groups -OCH3 is 1. The molecule has 2 aromatic rings. The smallest absolute Gasteiger partial charge is 0.264 e. The van der Waals surface area contributed by atoms with Crippen LogP contribution < -0.4 is 10.5 Å². The Morgan fingerprint density at radius 3 is 2.52 bits per heavy atom. The maximum absolute atomic E-state index is 5.90. The van der Waals surface area contributed by atoms with Gasteiger partial charge in [0, 0.05) is 7.11 Å². The highest BCUT2D eigenvalue weighted by Crippen LogP contribution is 2.16. The second kappa shape index (κ2) is 6.69. The van der Waals surface area contributed by atoms with Gasteiger partial charge in [0.1, 0.15) is 5.75 Å². The van der Waals surface area contributed by atoms with Crippen molar-refractivity contribution in [3.63, 3.8) is 0 Å². The van der Waals surface area contributed by atoms with Crippen LogP contribution >= 0.6 is 0 Å². The molecular weight excluding hydrogens is 270 g/mol. The van der Waals surface area contributed by atoms with E-state index in [4.69, 9.17) is 19.7 Å². The van der Waals surface area contributed by atoms with Gasteiger partial charge in [0.25, 0.3) is 5.89 Å². The minimum absolute atomic E-state index is 0.223. The summed E-state index contributed by atoms with van der Waals surface area (Å²) in [4.78, 5) is 4.21. The van der Waals surface area contributed by atoms with Gasteiger partial charge in [-0.05, 0) is 38.0 Å². The fourth-order valence-corrected chi connectivity index (χ4v) is 1.69. The van der Waals surface area contributed by atoms with Crippen molar-refractivity contribution in [2.24, 2.45) is 5.73 Å². The second-order valence-electron chi connectivity index (χ2n) is 5.41. The number of rotatable bonds is 7. The zero-order valence-corrected chi connectivity index (χ0v) is 12.6.